The zero-order valence-corrected chi connectivity index (χ0v) is 6.83. The summed E-state index contributed by atoms with van der Waals surface area (Å²) < 4.78 is 4.95. The van der Waals surface area contributed by atoms with Gasteiger partial charge in [0.1, 0.15) is 5.75 Å². The van der Waals surface area contributed by atoms with Gasteiger partial charge in [0.2, 0.25) is 0 Å². The number of ether oxygens (including phenoxy) is 1. The van der Waals surface area contributed by atoms with Gasteiger partial charge in [-0.3, -0.25) is 4.79 Å². The molecule has 0 aromatic heterocycles. The molecule has 0 heterocycles. The van der Waals surface area contributed by atoms with Crippen LogP contribution in [-0.2, 0) is 0 Å². The van der Waals surface area contributed by atoms with Crippen LogP contribution in [0.15, 0.2) is 24.3 Å². The molecule has 0 unspecified atom stereocenters. The van der Waals surface area contributed by atoms with E-state index < -0.39 is 0 Å². The van der Waals surface area contributed by atoms with Gasteiger partial charge in [-0.15, -0.1) is 0 Å². The van der Waals surface area contributed by atoms with Crippen molar-refractivity contribution >= 4 is 5.91 Å². The molecule has 0 atom stereocenters. The molecule has 0 fully saturated rings. The van der Waals surface area contributed by atoms with E-state index >= 15 is 0 Å². The Morgan fingerprint density at radius 2 is 2.33 bits per heavy atom. The van der Waals surface area contributed by atoms with Crippen molar-refractivity contribution in [1.29, 1.82) is 0 Å². The smallest absolute Gasteiger partial charge is 0.251 e. The maximum Gasteiger partial charge on any atom is 0.251 e. The fourth-order valence-corrected chi connectivity index (χ4v) is 0.866. The molecule has 12 heavy (non-hydrogen) atoms. The molecular weight excluding hydrogens is 154 g/mol. The van der Waals surface area contributed by atoms with E-state index in [0.717, 1.165) is 0 Å². The van der Waals surface area contributed by atoms with Crippen LogP contribution in [0.1, 0.15) is 10.4 Å². The van der Waals surface area contributed by atoms with Crippen molar-refractivity contribution in [2.24, 2.45) is 0 Å². The molecule has 1 aromatic carbocycles. The van der Waals surface area contributed by atoms with E-state index in [0.29, 0.717) is 11.3 Å². The van der Waals surface area contributed by atoms with Crippen LogP contribution in [-0.4, -0.2) is 13.0 Å². The molecule has 0 bridgehead atoms. The maximum atomic E-state index is 11.1. The van der Waals surface area contributed by atoms with Crippen molar-refractivity contribution in [2.45, 2.75) is 0 Å². The normalized spacial score (nSPS) is 9.17. The van der Waals surface area contributed by atoms with Gasteiger partial charge in [-0.05, 0) is 18.2 Å². The van der Waals surface area contributed by atoms with Gasteiger partial charge in [-0.2, -0.15) is 0 Å². The molecule has 1 N–H and O–H groups in total. The van der Waals surface area contributed by atoms with Gasteiger partial charge in [0, 0.05) is 12.6 Å². The lowest BCUT2D eigenvalue weighted by molar-refractivity contribution is 0.0968. The fourth-order valence-electron chi connectivity index (χ4n) is 0.866. The summed E-state index contributed by atoms with van der Waals surface area (Å²) in [5.41, 5.74) is 0.546. The Bertz CT molecular complexity index is 284. The van der Waals surface area contributed by atoms with Crippen LogP contribution in [0.25, 0.3) is 0 Å². The highest BCUT2D eigenvalue weighted by Gasteiger charge is 2.02. The molecule has 1 radical (unpaired) electrons. The van der Waals surface area contributed by atoms with E-state index in [4.69, 9.17) is 4.74 Å². The molecule has 0 aliphatic rings. The van der Waals surface area contributed by atoms with Gasteiger partial charge in [0.25, 0.3) is 5.91 Å². The van der Waals surface area contributed by atoms with Gasteiger partial charge in [0.05, 0.1) is 7.11 Å². The number of carbonyl (C=O) groups excluding carboxylic acids is 1. The third-order valence-corrected chi connectivity index (χ3v) is 1.49. The average molecular weight is 164 g/mol. The predicted octanol–water partition coefficient (Wildman–Crippen LogP) is 1.22. The molecule has 0 aliphatic heterocycles. The van der Waals surface area contributed by atoms with Gasteiger partial charge in [-0.25, -0.2) is 0 Å². The van der Waals surface area contributed by atoms with E-state index in [1.165, 1.54) is 0 Å². The minimum absolute atomic E-state index is 0.214. The number of carbonyl (C=O) groups is 1. The third-order valence-electron chi connectivity index (χ3n) is 1.49. The molecule has 0 saturated heterocycles. The highest BCUT2D eigenvalue weighted by Crippen LogP contribution is 2.11. The van der Waals surface area contributed by atoms with Crippen LogP contribution in [0.3, 0.4) is 0 Å². The van der Waals surface area contributed by atoms with Crippen LogP contribution in [0, 0.1) is 7.05 Å². The largest absolute Gasteiger partial charge is 0.497 e. The summed E-state index contributed by atoms with van der Waals surface area (Å²) in [6, 6.07) is 6.88. The zero-order valence-electron chi connectivity index (χ0n) is 6.83. The quantitative estimate of drug-likeness (QED) is 0.713. The van der Waals surface area contributed by atoms with Gasteiger partial charge in [-0.1, -0.05) is 6.07 Å². The Hall–Kier alpha value is -1.51. The Kier molecular flexibility index (Phi) is 2.69. The van der Waals surface area contributed by atoms with Crippen molar-refractivity contribution in [3.63, 3.8) is 0 Å². The highest BCUT2D eigenvalue weighted by atomic mass is 16.5. The van der Waals surface area contributed by atoms with Crippen LogP contribution in [0.2, 0.25) is 0 Å². The lowest BCUT2D eigenvalue weighted by Crippen LogP contribution is -2.15. The second-order valence-corrected chi connectivity index (χ2v) is 2.24. The maximum absolute atomic E-state index is 11.1. The van der Waals surface area contributed by atoms with Crippen LogP contribution < -0.4 is 10.1 Å². The first-order valence-corrected chi connectivity index (χ1v) is 3.49. The van der Waals surface area contributed by atoms with Crippen molar-refractivity contribution < 1.29 is 9.53 Å². The summed E-state index contributed by atoms with van der Waals surface area (Å²) in [7, 11) is 4.83. The second kappa shape index (κ2) is 3.76. The van der Waals surface area contributed by atoms with Gasteiger partial charge >= 0.3 is 0 Å². The highest BCUT2D eigenvalue weighted by molar-refractivity contribution is 5.94. The molecule has 3 heteroatoms. The summed E-state index contributed by atoms with van der Waals surface area (Å²) in [4.78, 5) is 11.1. The SMILES string of the molecule is [CH2]NC(=O)c1cccc(OC)c1. The Morgan fingerprint density at radius 3 is 2.92 bits per heavy atom. The Labute approximate surface area is 71.4 Å². The number of nitrogens with one attached hydrogen (secondary N) is 1. The topological polar surface area (TPSA) is 38.3 Å². The molecule has 1 amide bonds. The van der Waals surface area contributed by atoms with E-state index in [9.17, 15) is 4.79 Å². The van der Waals surface area contributed by atoms with Crippen LogP contribution in [0.4, 0.5) is 0 Å². The molecule has 0 spiro atoms. The lowest BCUT2D eigenvalue weighted by atomic mass is 10.2. The van der Waals surface area contributed by atoms with Crippen molar-refractivity contribution in [1.82, 2.24) is 5.32 Å². The number of hydrogen-bond donors (Lipinski definition) is 1. The van der Waals surface area contributed by atoms with Crippen LogP contribution in [0.5, 0.6) is 5.75 Å². The molecule has 0 saturated carbocycles. The standard InChI is InChI=1S/C9H10NO2/c1-10-9(11)7-4-3-5-8(6-7)12-2/h3-6H,1H2,2H3,(H,10,11). The Morgan fingerprint density at radius 1 is 1.58 bits per heavy atom. The first-order valence-electron chi connectivity index (χ1n) is 3.49. The van der Waals surface area contributed by atoms with E-state index in [2.05, 4.69) is 12.4 Å². The summed E-state index contributed by atoms with van der Waals surface area (Å²) in [5.74, 6) is 0.449. The van der Waals surface area contributed by atoms with Gasteiger partial charge < -0.3 is 10.1 Å². The van der Waals surface area contributed by atoms with Gasteiger partial charge in [0.15, 0.2) is 0 Å². The molecular formula is C9H10NO2. The molecule has 1 aromatic rings. The zero-order chi connectivity index (χ0) is 8.97. The number of amides is 1. The predicted molar refractivity (Wildman–Crippen MR) is 45.8 cm³/mol. The fraction of sp³-hybridized carbons (Fsp3) is 0.111. The molecule has 63 valence electrons. The van der Waals surface area contributed by atoms with Crippen molar-refractivity contribution in [3.8, 4) is 5.75 Å². The minimum Gasteiger partial charge on any atom is -0.497 e. The molecule has 1 rings (SSSR count). The first kappa shape index (κ1) is 8.59. The number of rotatable bonds is 2. The monoisotopic (exact) mass is 164 g/mol. The third kappa shape index (κ3) is 1.75. The number of benzene rings is 1. The van der Waals surface area contributed by atoms with E-state index in [1.54, 1.807) is 31.4 Å². The van der Waals surface area contributed by atoms with Crippen LogP contribution >= 0.6 is 0 Å². The molecule has 3 nitrogen and oxygen atoms in total. The van der Waals surface area contributed by atoms with E-state index in [1.807, 2.05) is 0 Å². The summed E-state index contributed by atoms with van der Waals surface area (Å²) >= 11 is 0. The van der Waals surface area contributed by atoms with Crippen molar-refractivity contribution in [3.05, 3.63) is 36.9 Å². The summed E-state index contributed by atoms with van der Waals surface area (Å²) in [6.45, 7) is 0. The second-order valence-electron chi connectivity index (χ2n) is 2.24. The first-order chi connectivity index (χ1) is 5.77. The molecule has 0 aliphatic carbocycles. The number of methoxy groups -OCH3 is 1. The van der Waals surface area contributed by atoms with Crippen molar-refractivity contribution in [2.75, 3.05) is 7.11 Å². The minimum atomic E-state index is -0.214. The average Bonchev–Trinajstić information content (AvgIpc) is 2.17. The summed E-state index contributed by atoms with van der Waals surface area (Å²) in [6.07, 6.45) is 0. The number of hydrogen-bond acceptors (Lipinski definition) is 2. The van der Waals surface area contributed by atoms with E-state index in [-0.39, 0.29) is 5.91 Å². The lowest BCUT2D eigenvalue weighted by Gasteiger charge is -2.02. The Balaban J connectivity index is 2.93. The summed E-state index contributed by atoms with van der Waals surface area (Å²) in [5, 5.41) is 2.29.